The number of aliphatic hydroxyl groups excluding tert-OH is 1. The van der Waals surface area contributed by atoms with E-state index in [-0.39, 0.29) is 18.5 Å². The molecule has 1 aliphatic heterocycles. The lowest BCUT2D eigenvalue weighted by atomic mass is 9.91. The molecule has 0 radical (unpaired) electrons. The number of unbranched alkanes of at least 4 members (excludes halogenated alkanes) is 5. The Kier molecular flexibility index (Phi) is 11.5. The Hall–Kier alpha value is 0.500. The molecule has 0 aliphatic carbocycles. The van der Waals surface area contributed by atoms with Crippen molar-refractivity contribution in [1.29, 1.82) is 0 Å². The van der Waals surface area contributed by atoms with E-state index in [2.05, 4.69) is 18.9 Å². The average molecular weight is 312 g/mol. The van der Waals surface area contributed by atoms with Crippen molar-refractivity contribution >= 4 is 24.0 Å². The van der Waals surface area contributed by atoms with Crippen molar-refractivity contribution in [2.24, 2.45) is 0 Å². The lowest BCUT2D eigenvalue weighted by Gasteiger charge is -2.41. The minimum atomic E-state index is -0.123. The van der Waals surface area contributed by atoms with E-state index in [1.165, 1.54) is 44.9 Å². The smallest absolute Gasteiger partial charge is 0.0693 e. The van der Waals surface area contributed by atoms with Crippen LogP contribution in [0.2, 0.25) is 0 Å². The van der Waals surface area contributed by atoms with Crippen LogP contribution in [0.3, 0.4) is 0 Å². The number of likely N-dealkylation sites (N-methyl/N-ethyl adjacent to an activating group) is 1. The molecule has 1 fully saturated rings. The van der Waals surface area contributed by atoms with Gasteiger partial charge in [-0.2, -0.15) is 0 Å². The highest BCUT2D eigenvalue weighted by Crippen LogP contribution is 2.25. The predicted octanol–water partition coefficient (Wildman–Crippen LogP) is 4.22. The standard InChI is InChI=1S/C15H30ClNO.ClH/c1-13-15(18)11-10-14(17(13)2)9-7-5-3-4-6-8-12-16;/h13-15,18H,3-12H2,1-2H3;1H/t13-,14+,15-;/m0./s1. The molecule has 1 saturated heterocycles. The van der Waals surface area contributed by atoms with Gasteiger partial charge in [-0.1, -0.05) is 32.1 Å². The summed E-state index contributed by atoms with van der Waals surface area (Å²) < 4.78 is 0. The largest absolute Gasteiger partial charge is 0.392 e. The van der Waals surface area contributed by atoms with Gasteiger partial charge in [0.05, 0.1) is 6.10 Å². The second-order valence-corrected chi connectivity index (χ2v) is 6.18. The number of piperidine rings is 1. The number of aliphatic hydroxyl groups is 1. The zero-order chi connectivity index (χ0) is 13.4. The number of nitrogens with zero attached hydrogens (tertiary/aromatic N) is 1. The van der Waals surface area contributed by atoms with E-state index in [9.17, 15) is 5.11 Å². The first-order valence-corrected chi connectivity index (χ1v) is 8.16. The van der Waals surface area contributed by atoms with Gasteiger partial charge >= 0.3 is 0 Å². The van der Waals surface area contributed by atoms with Gasteiger partial charge in [0.2, 0.25) is 0 Å². The molecule has 1 rings (SSSR count). The molecule has 116 valence electrons. The number of hydrogen-bond donors (Lipinski definition) is 1. The molecular formula is C15H31Cl2NO. The molecule has 3 atom stereocenters. The highest BCUT2D eigenvalue weighted by molar-refractivity contribution is 6.17. The molecule has 0 bridgehead atoms. The van der Waals surface area contributed by atoms with E-state index in [1.807, 2.05) is 0 Å². The second kappa shape index (κ2) is 11.2. The summed E-state index contributed by atoms with van der Waals surface area (Å²) in [6.45, 7) is 2.14. The molecule has 0 unspecified atom stereocenters. The maximum Gasteiger partial charge on any atom is 0.0693 e. The minimum Gasteiger partial charge on any atom is -0.392 e. The molecular weight excluding hydrogens is 281 g/mol. The summed E-state index contributed by atoms with van der Waals surface area (Å²) in [7, 11) is 2.16. The highest BCUT2D eigenvalue weighted by atomic mass is 35.5. The number of likely N-dealkylation sites (tertiary alicyclic amines) is 1. The maximum absolute atomic E-state index is 9.81. The van der Waals surface area contributed by atoms with Gasteiger partial charge in [0.15, 0.2) is 0 Å². The fourth-order valence-corrected chi connectivity index (χ4v) is 3.13. The maximum atomic E-state index is 9.81. The van der Waals surface area contributed by atoms with Crippen molar-refractivity contribution < 1.29 is 5.11 Å². The molecule has 0 aromatic rings. The van der Waals surface area contributed by atoms with E-state index >= 15 is 0 Å². The van der Waals surface area contributed by atoms with Gasteiger partial charge in [0.25, 0.3) is 0 Å². The summed E-state index contributed by atoms with van der Waals surface area (Å²) in [6, 6.07) is 1.01. The number of rotatable bonds is 8. The Balaban J connectivity index is 0.00000324. The van der Waals surface area contributed by atoms with Crippen molar-refractivity contribution in [3.05, 3.63) is 0 Å². The first-order chi connectivity index (χ1) is 8.66. The first kappa shape index (κ1) is 19.5. The fraction of sp³-hybridized carbons (Fsp3) is 1.00. The van der Waals surface area contributed by atoms with Gasteiger partial charge in [-0.15, -0.1) is 24.0 Å². The Bertz CT molecular complexity index is 216. The third-order valence-electron chi connectivity index (χ3n) is 4.49. The van der Waals surface area contributed by atoms with Crippen LogP contribution >= 0.6 is 24.0 Å². The lowest BCUT2D eigenvalue weighted by molar-refractivity contribution is -0.000731. The van der Waals surface area contributed by atoms with Crippen LogP contribution in [0.4, 0.5) is 0 Å². The molecule has 1 heterocycles. The number of alkyl halides is 1. The van der Waals surface area contributed by atoms with Crippen molar-refractivity contribution in [3.8, 4) is 0 Å². The normalized spacial score (nSPS) is 28.1. The molecule has 0 saturated carbocycles. The topological polar surface area (TPSA) is 23.5 Å². The third-order valence-corrected chi connectivity index (χ3v) is 4.76. The average Bonchev–Trinajstić information content (AvgIpc) is 2.37. The third kappa shape index (κ3) is 7.17. The van der Waals surface area contributed by atoms with Crippen molar-refractivity contribution in [3.63, 3.8) is 0 Å². The van der Waals surface area contributed by atoms with Crippen LogP contribution in [0.5, 0.6) is 0 Å². The molecule has 4 heteroatoms. The zero-order valence-electron chi connectivity index (χ0n) is 12.5. The summed E-state index contributed by atoms with van der Waals surface area (Å²) in [5, 5.41) is 9.81. The van der Waals surface area contributed by atoms with Crippen LogP contribution in [0.1, 0.15) is 64.7 Å². The predicted molar refractivity (Wildman–Crippen MR) is 86.5 cm³/mol. The van der Waals surface area contributed by atoms with Gasteiger partial charge < -0.3 is 5.11 Å². The van der Waals surface area contributed by atoms with Crippen molar-refractivity contribution in [2.75, 3.05) is 12.9 Å². The van der Waals surface area contributed by atoms with Crippen LogP contribution in [0.15, 0.2) is 0 Å². The van der Waals surface area contributed by atoms with Gasteiger partial charge in [0, 0.05) is 18.0 Å². The van der Waals surface area contributed by atoms with Crippen LogP contribution in [-0.2, 0) is 0 Å². The molecule has 2 nitrogen and oxygen atoms in total. The summed E-state index contributed by atoms with van der Waals surface area (Å²) in [4.78, 5) is 2.38. The van der Waals surface area contributed by atoms with Crippen LogP contribution in [-0.4, -0.2) is 41.1 Å². The highest BCUT2D eigenvalue weighted by Gasteiger charge is 2.30. The van der Waals surface area contributed by atoms with E-state index in [0.29, 0.717) is 12.1 Å². The van der Waals surface area contributed by atoms with Crippen molar-refractivity contribution in [2.45, 2.75) is 82.9 Å². The lowest BCUT2D eigenvalue weighted by Crippen LogP contribution is -2.49. The second-order valence-electron chi connectivity index (χ2n) is 5.80. The van der Waals surface area contributed by atoms with Crippen LogP contribution in [0.25, 0.3) is 0 Å². The molecule has 0 spiro atoms. The summed E-state index contributed by atoms with van der Waals surface area (Å²) in [6.07, 6.45) is 11.1. The van der Waals surface area contributed by atoms with E-state index in [1.54, 1.807) is 0 Å². The summed E-state index contributed by atoms with van der Waals surface area (Å²) in [5.41, 5.74) is 0. The monoisotopic (exact) mass is 311 g/mol. The van der Waals surface area contributed by atoms with Gasteiger partial charge in [-0.25, -0.2) is 0 Å². The summed E-state index contributed by atoms with van der Waals surface area (Å²) >= 11 is 5.66. The quantitative estimate of drug-likeness (QED) is 0.536. The van der Waals surface area contributed by atoms with Crippen LogP contribution < -0.4 is 0 Å². The van der Waals surface area contributed by atoms with Gasteiger partial charge in [-0.3, -0.25) is 4.90 Å². The van der Waals surface area contributed by atoms with Crippen LogP contribution in [0, 0.1) is 0 Å². The molecule has 1 aliphatic rings. The molecule has 1 N–H and O–H groups in total. The van der Waals surface area contributed by atoms with E-state index in [4.69, 9.17) is 11.6 Å². The number of halogens is 2. The Labute approximate surface area is 130 Å². The first-order valence-electron chi connectivity index (χ1n) is 7.62. The molecule has 0 amide bonds. The molecule has 0 aromatic heterocycles. The van der Waals surface area contributed by atoms with E-state index < -0.39 is 0 Å². The fourth-order valence-electron chi connectivity index (χ4n) is 2.94. The van der Waals surface area contributed by atoms with E-state index in [0.717, 1.165) is 18.7 Å². The number of hydrogen-bond acceptors (Lipinski definition) is 2. The van der Waals surface area contributed by atoms with Gasteiger partial charge in [0.1, 0.15) is 0 Å². The Morgan fingerprint density at radius 3 is 2.26 bits per heavy atom. The SMILES string of the molecule is C[C@H]1[C@@H](O)CC[C@@H](CCCCCCCCCl)N1C.Cl. The Morgan fingerprint density at radius 1 is 1.05 bits per heavy atom. The van der Waals surface area contributed by atoms with Gasteiger partial charge in [-0.05, 0) is 39.7 Å². The molecule has 0 aromatic carbocycles. The zero-order valence-corrected chi connectivity index (χ0v) is 14.1. The molecule has 19 heavy (non-hydrogen) atoms. The summed E-state index contributed by atoms with van der Waals surface area (Å²) in [5.74, 6) is 0.813. The van der Waals surface area contributed by atoms with Crippen molar-refractivity contribution in [1.82, 2.24) is 4.90 Å². The Morgan fingerprint density at radius 2 is 1.63 bits per heavy atom. The minimum absolute atomic E-state index is 0.